The molecule has 3 aromatic heterocycles. The molecule has 3 heterocycles. The molecule has 0 fully saturated rings. The molecular weight excluding hydrogens is 429 g/mol. The highest BCUT2D eigenvalue weighted by molar-refractivity contribution is 7.12. The summed E-state index contributed by atoms with van der Waals surface area (Å²) in [5.74, 6) is 0.114. The van der Waals surface area contributed by atoms with Crippen LogP contribution in [0.4, 0.5) is 0 Å². The first-order valence-corrected chi connectivity index (χ1v) is 10.1. The summed E-state index contributed by atoms with van der Waals surface area (Å²) in [6, 6.07) is 4.16. The molecule has 160 valence electrons. The molecule has 0 bridgehead atoms. The maximum Gasteiger partial charge on any atom is 0.252 e. The molecule has 0 aromatic carbocycles. The summed E-state index contributed by atoms with van der Waals surface area (Å²) in [5.41, 5.74) is 8.89. The van der Waals surface area contributed by atoms with Gasteiger partial charge in [-0.05, 0) is 52.3 Å². The molecule has 3 rings (SSSR count). The lowest BCUT2D eigenvalue weighted by molar-refractivity contribution is 0.0950. The van der Waals surface area contributed by atoms with Gasteiger partial charge in [0.15, 0.2) is 5.65 Å². The topological polar surface area (TPSA) is 85.8 Å². The number of hydrogen-bond donors (Lipinski definition) is 2. The second kappa shape index (κ2) is 10.4. The fraction of sp³-hybridized carbons (Fsp3) is 0.450. The van der Waals surface area contributed by atoms with Crippen molar-refractivity contribution >= 4 is 53.1 Å². The first-order valence-electron chi connectivity index (χ1n) is 9.25. The zero-order valence-electron chi connectivity index (χ0n) is 17.4. The number of amides is 1. The fourth-order valence-corrected chi connectivity index (χ4v) is 3.99. The van der Waals surface area contributed by atoms with Crippen molar-refractivity contribution in [1.82, 2.24) is 20.1 Å². The Hall–Kier alpha value is -1.67. The average Bonchev–Trinajstić information content (AvgIpc) is 3.20. The molecule has 3 aromatic rings. The van der Waals surface area contributed by atoms with Crippen LogP contribution in [0.2, 0.25) is 0 Å². The van der Waals surface area contributed by atoms with E-state index in [2.05, 4.69) is 44.2 Å². The monoisotopic (exact) mass is 457 g/mol. The van der Waals surface area contributed by atoms with Crippen molar-refractivity contribution in [3.05, 3.63) is 33.6 Å². The number of nitrogens with one attached hydrogen (secondary N) is 1. The number of carbonyl (C=O) groups excluding carboxylic acids is 1. The molecule has 1 amide bonds. The third-order valence-electron chi connectivity index (χ3n) is 4.63. The molecule has 0 spiro atoms. The normalized spacial score (nSPS) is 11.8. The number of aryl methyl sites for hydroxylation is 2. The second-order valence-electron chi connectivity index (χ2n) is 7.35. The number of hydrogen-bond acceptors (Lipinski definition) is 5. The van der Waals surface area contributed by atoms with Gasteiger partial charge in [0, 0.05) is 27.9 Å². The van der Waals surface area contributed by atoms with E-state index >= 15 is 0 Å². The van der Waals surface area contributed by atoms with Gasteiger partial charge in [-0.3, -0.25) is 4.79 Å². The number of rotatable bonds is 6. The number of thiophene rings is 1. The Kier molecular flexibility index (Phi) is 9.09. The Morgan fingerprint density at radius 2 is 1.93 bits per heavy atom. The van der Waals surface area contributed by atoms with Crippen LogP contribution in [0.1, 0.15) is 46.9 Å². The van der Waals surface area contributed by atoms with Crippen LogP contribution in [0, 0.1) is 19.8 Å². The van der Waals surface area contributed by atoms with Crippen LogP contribution in [-0.2, 0) is 0 Å². The second-order valence-corrected chi connectivity index (χ2v) is 8.81. The zero-order chi connectivity index (χ0) is 19.7. The lowest BCUT2D eigenvalue weighted by Gasteiger charge is -2.13. The van der Waals surface area contributed by atoms with Crippen molar-refractivity contribution in [3.63, 3.8) is 0 Å². The van der Waals surface area contributed by atoms with Crippen molar-refractivity contribution in [2.24, 2.45) is 11.7 Å². The molecule has 29 heavy (non-hydrogen) atoms. The highest BCUT2D eigenvalue weighted by atomic mass is 35.5. The lowest BCUT2D eigenvalue weighted by atomic mass is 10.1. The molecule has 0 saturated carbocycles. The molecule has 0 aliphatic heterocycles. The summed E-state index contributed by atoms with van der Waals surface area (Å²) in [4.78, 5) is 20.2. The van der Waals surface area contributed by atoms with Crippen LogP contribution in [0.5, 0.6) is 0 Å². The highest BCUT2D eigenvalue weighted by Gasteiger charge is 2.20. The van der Waals surface area contributed by atoms with E-state index in [-0.39, 0.29) is 42.7 Å². The lowest BCUT2D eigenvalue weighted by Crippen LogP contribution is -2.31. The van der Waals surface area contributed by atoms with Crippen molar-refractivity contribution in [1.29, 1.82) is 0 Å². The van der Waals surface area contributed by atoms with E-state index in [9.17, 15) is 4.79 Å². The average molecular weight is 458 g/mol. The molecule has 1 atom stereocenters. The van der Waals surface area contributed by atoms with E-state index < -0.39 is 0 Å². The van der Waals surface area contributed by atoms with E-state index in [0.29, 0.717) is 18.7 Å². The molecule has 0 aliphatic carbocycles. The summed E-state index contributed by atoms with van der Waals surface area (Å²) >= 11 is 1.74. The maximum atomic E-state index is 12.9. The summed E-state index contributed by atoms with van der Waals surface area (Å²) in [6.45, 7) is 11.4. The molecule has 9 heteroatoms. The van der Waals surface area contributed by atoms with E-state index in [4.69, 9.17) is 10.7 Å². The van der Waals surface area contributed by atoms with Crippen molar-refractivity contribution < 1.29 is 4.79 Å². The highest BCUT2D eigenvalue weighted by Crippen LogP contribution is 2.32. The van der Waals surface area contributed by atoms with Gasteiger partial charge in [0.25, 0.3) is 5.91 Å². The van der Waals surface area contributed by atoms with Crippen LogP contribution >= 0.6 is 36.2 Å². The molecular formula is C20H29Cl2N5OS. The molecule has 0 aliphatic rings. The van der Waals surface area contributed by atoms with Gasteiger partial charge in [-0.2, -0.15) is 5.10 Å². The van der Waals surface area contributed by atoms with E-state index in [1.165, 1.54) is 9.75 Å². The minimum absolute atomic E-state index is 0. The quantitative estimate of drug-likeness (QED) is 0.569. The Morgan fingerprint density at radius 1 is 1.24 bits per heavy atom. The summed E-state index contributed by atoms with van der Waals surface area (Å²) in [7, 11) is 0. The zero-order valence-corrected chi connectivity index (χ0v) is 19.8. The first-order chi connectivity index (χ1) is 12.8. The number of nitrogens with two attached hydrogens (primary N) is 1. The predicted molar refractivity (Wildman–Crippen MR) is 126 cm³/mol. The molecule has 3 N–H and O–H groups in total. The summed E-state index contributed by atoms with van der Waals surface area (Å²) < 4.78 is 1.87. The number of halogens is 2. The van der Waals surface area contributed by atoms with Crippen LogP contribution in [0.25, 0.3) is 22.3 Å². The standard InChI is InChI=1S/C20H27N5OS.2ClH/c1-11(2)25-19-17(10-23-25)16(20(26)22-9-12(3)8-21)7-18(24-19)15-6-13(4)27-14(15)5;;/h6-7,10-12H,8-9,21H2,1-5H3,(H,22,26);2*1H. The van der Waals surface area contributed by atoms with Crippen molar-refractivity contribution in [3.8, 4) is 11.3 Å². The smallest absolute Gasteiger partial charge is 0.252 e. The van der Waals surface area contributed by atoms with Gasteiger partial charge < -0.3 is 11.1 Å². The first kappa shape index (κ1) is 25.4. The predicted octanol–water partition coefficient (Wildman–Crippen LogP) is 4.53. The summed E-state index contributed by atoms with van der Waals surface area (Å²) in [5, 5.41) is 8.24. The number of pyridine rings is 1. The van der Waals surface area contributed by atoms with E-state index in [1.54, 1.807) is 17.5 Å². The Labute approximate surface area is 188 Å². The van der Waals surface area contributed by atoms with Crippen LogP contribution < -0.4 is 11.1 Å². The number of carbonyl (C=O) groups is 1. The number of fused-ring (bicyclic) bond motifs is 1. The van der Waals surface area contributed by atoms with Gasteiger partial charge in [-0.15, -0.1) is 36.2 Å². The maximum absolute atomic E-state index is 12.9. The van der Waals surface area contributed by atoms with Gasteiger partial charge in [-0.1, -0.05) is 6.92 Å². The van der Waals surface area contributed by atoms with E-state index in [0.717, 1.165) is 22.3 Å². The van der Waals surface area contributed by atoms with E-state index in [1.807, 2.05) is 17.7 Å². The van der Waals surface area contributed by atoms with Crippen LogP contribution in [0.3, 0.4) is 0 Å². The fourth-order valence-electron chi connectivity index (χ4n) is 3.05. The number of nitrogens with zero attached hydrogens (tertiary/aromatic N) is 3. The third-order valence-corrected chi connectivity index (χ3v) is 5.60. The largest absolute Gasteiger partial charge is 0.352 e. The molecule has 6 nitrogen and oxygen atoms in total. The summed E-state index contributed by atoms with van der Waals surface area (Å²) in [6.07, 6.45) is 1.74. The SMILES string of the molecule is Cc1cc(-c2cc(C(=O)NCC(C)CN)c3cnn(C(C)C)c3n2)c(C)s1.Cl.Cl. The van der Waals surface area contributed by atoms with Gasteiger partial charge in [0.2, 0.25) is 0 Å². The van der Waals surface area contributed by atoms with Gasteiger partial charge in [0.1, 0.15) is 0 Å². The van der Waals surface area contributed by atoms with Crippen molar-refractivity contribution in [2.75, 3.05) is 13.1 Å². The van der Waals surface area contributed by atoms with Crippen LogP contribution in [-0.4, -0.2) is 33.8 Å². The third kappa shape index (κ3) is 5.28. The minimum Gasteiger partial charge on any atom is -0.352 e. The Bertz CT molecular complexity index is 983. The van der Waals surface area contributed by atoms with Crippen LogP contribution in [0.15, 0.2) is 18.3 Å². The van der Waals surface area contributed by atoms with Gasteiger partial charge in [-0.25, -0.2) is 9.67 Å². The van der Waals surface area contributed by atoms with Gasteiger partial charge in [0.05, 0.1) is 22.8 Å². The van der Waals surface area contributed by atoms with Crippen molar-refractivity contribution in [2.45, 2.75) is 40.7 Å². The Balaban J connectivity index is 0.00000210. The molecule has 1 unspecified atom stereocenters. The molecule has 0 radical (unpaired) electrons. The number of aromatic nitrogens is 3. The minimum atomic E-state index is -0.114. The van der Waals surface area contributed by atoms with Gasteiger partial charge >= 0.3 is 0 Å². The Morgan fingerprint density at radius 3 is 2.48 bits per heavy atom. The molecule has 0 saturated heterocycles.